The number of amides is 2. The molecule has 0 saturated heterocycles. The number of carbonyl (C=O) groups is 2. The van der Waals surface area contributed by atoms with Crippen molar-refractivity contribution in [2.75, 3.05) is 0 Å². The predicted molar refractivity (Wildman–Crippen MR) is 147 cm³/mol. The minimum absolute atomic E-state index is 0.0129. The zero-order valence-corrected chi connectivity index (χ0v) is 24.6. The van der Waals surface area contributed by atoms with Crippen LogP contribution in [0.1, 0.15) is 109 Å². The maximum Gasteiger partial charge on any atom is 0.389 e. The van der Waals surface area contributed by atoms with Crippen molar-refractivity contribution in [3.05, 3.63) is 46.9 Å². The van der Waals surface area contributed by atoms with Gasteiger partial charge in [0.25, 0.3) is 5.91 Å². The van der Waals surface area contributed by atoms with Gasteiger partial charge in [0.15, 0.2) is 5.76 Å². The highest BCUT2D eigenvalue weighted by Crippen LogP contribution is 2.47. The lowest BCUT2D eigenvalue weighted by molar-refractivity contribution is -0.135. The van der Waals surface area contributed by atoms with Crippen molar-refractivity contribution in [2.24, 2.45) is 23.5 Å². The average molecular weight is 659 g/mol. The molecule has 3 saturated carbocycles. The Bertz CT molecular complexity index is 1600. The molecule has 250 valence electrons. The van der Waals surface area contributed by atoms with Crippen LogP contribution < -0.4 is 11.1 Å². The van der Waals surface area contributed by atoms with Crippen molar-refractivity contribution in [1.29, 1.82) is 0 Å². The first kappa shape index (κ1) is 32.2. The highest BCUT2D eigenvalue weighted by Gasteiger charge is 2.46. The molecule has 0 bridgehead atoms. The van der Waals surface area contributed by atoms with Crippen molar-refractivity contribution in [2.45, 2.75) is 101 Å². The summed E-state index contributed by atoms with van der Waals surface area (Å²) in [5.74, 6) is -8.69. The number of carbonyl (C=O) groups excluding carboxylic acids is 2. The monoisotopic (exact) mass is 658 g/mol. The third-order valence-corrected chi connectivity index (χ3v) is 9.26. The minimum Gasteiger partial charge on any atom is -0.365 e. The molecule has 0 radical (unpaired) electrons. The Kier molecular flexibility index (Phi) is 8.28. The van der Waals surface area contributed by atoms with E-state index in [0.717, 1.165) is 12.8 Å². The standard InChI is InChI=1S/C30H33F7N6O3/c31-28(32)7-3-16(4-8-28)22(25-23(26(38)45)18(42-46-25)5-9-30(35,36)37)20-14-43-10-6-19(39-27(43)40-20)24(17-1-2-17)41-21(44)11-15-12-29(33,34)13-15/h6,10,14-17,22,24H,1-5,7-9,11-13H2,(H2,38,45)(H,41,44)/t22-,24+/m0/s1. The zero-order valence-electron chi connectivity index (χ0n) is 24.6. The van der Waals surface area contributed by atoms with E-state index in [1.807, 2.05) is 0 Å². The molecule has 46 heavy (non-hydrogen) atoms. The fourth-order valence-electron chi connectivity index (χ4n) is 6.74. The molecule has 3 aromatic rings. The number of rotatable bonds is 11. The third-order valence-electron chi connectivity index (χ3n) is 9.26. The first-order valence-electron chi connectivity index (χ1n) is 15.3. The van der Waals surface area contributed by atoms with Crippen LogP contribution in [0.15, 0.2) is 23.0 Å². The first-order valence-corrected chi connectivity index (χ1v) is 15.3. The van der Waals surface area contributed by atoms with Gasteiger partial charge in [0.1, 0.15) is 5.56 Å². The van der Waals surface area contributed by atoms with Crippen LogP contribution in [0.5, 0.6) is 0 Å². The molecule has 3 N–H and O–H groups in total. The summed E-state index contributed by atoms with van der Waals surface area (Å²) in [4.78, 5) is 34.5. The van der Waals surface area contributed by atoms with Gasteiger partial charge in [0, 0.05) is 57.3 Å². The Morgan fingerprint density at radius 2 is 1.70 bits per heavy atom. The fraction of sp³-hybridized carbons (Fsp3) is 0.633. The summed E-state index contributed by atoms with van der Waals surface area (Å²) in [6.45, 7) is 0. The number of fused-ring (bicyclic) bond motifs is 1. The van der Waals surface area contributed by atoms with E-state index in [9.17, 15) is 40.3 Å². The lowest BCUT2D eigenvalue weighted by atomic mass is 9.75. The Morgan fingerprint density at radius 3 is 2.30 bits per heavy atom. The van der Waals surface area contributed by atoms with Crippen LogP contribution in [-0.2, 0) is 11.2 Å². The van der Waals surface area contributed by atoms with Crippen molar-refractivity contribution >= 4 is 17.6 Å². The number of primary amides is 1. The van der Waals surface area contributed by atoms with Crippen LogP contribution >= 0.6 is 0 Å². The number of nitrogens with two attached hydrogens (primary N) is 1. The van der Waals surface area contributed by atoms with Gasteiger partial charge in [-0.15, -0.1) is 0 Å². The van der Waals surface area contributed by atoms with Gasteiger partial charge in [0.2, 0.25) is 23.5 Å². The molecule has 0 aromatic carbocycles. The van der Waals surface area contributed by atoms with Crippen LogP contribution in [0.4, 0.5) is 30.7 Å². The summed E-state index contributed by atoms with van der Waals surface area (Å²) in [7, 11) is 0. The molecule has 3 fully saturated rings. The smallest absolute Gasteiger partial charge is 0.365 e. The average Bonchev–Trinajstić information content (AvgIpc) is 3.56. The van der Waals surface area contributed by atoms with E-state index in [-0.39, 0.29) is 78.3 Å². The summed E-state index contributed by atoms with van der Waals surface area (Å²) in [5, 5.41) is 6.68. The zero-order chi connectivity index (χ0) is 33.0. The Hall–Kier alpha value is -3.72. The van der Waals surface area contributed by atoms with Crippen molar-refractivity contribution in [1.82, 2.24) is 24.8 Å². The van der Waals surface area contributed by atoms with E-state index in [2.05, 4.69) is 20.4 Å². The van der Waals surface area contributed by atoms with E-state index in [1.165, 1.54) is 0 Å². The van der Waals surface area contributed by atoms with E-state index in [0.29, 0.717) is 5.69 Å². The van der Waals surface area contributed by atoms with Gasteiger partial charge in [-0.25, -0.2) is 27.5 Å². The number of aromatic nitrogens is 4. The molecular formula is C30H33F7N6O3. The van der Waals surface area contributed by atoms with Crippen LogP contribution in [-0.4, -0.2) is 49.4 Å². The first-order chi connectivity index (χ1) is 21.6. The molecule has 0 spiro atoms. The Balaban J connectivity index is 1.30. The fourth-order valence-corrected chi connectivity index (χ4v) is 6.74. The molecule has 16 heteroatoms. The van der Waals surface area contributed by atoms with Gasteiger partial charge in [-0.05, 0) is 49.5 Å². The predicted octanol–water partition coefficient (Wildman–Crippen LogP) is 6.27. The van der Waals surface area contributed by atoms with Gasteiger partial charge in [-0.2, -0.15) is 13.2 Å². The molecule has 2 atom stereocenters. The molecule has 3 heterocycles. The molecule has 6 rings (SSSR count). The molecule has 0 unspecified atom stereocenters. The second-order valence-electron chi connectivity index (χ2n) is 13.0. The summed E-state index contributed by atoms with van der Waals surface area (Å²) in [6, 6.07) is 1.22. The number of nitrogens with one attached hydrogen (secondary N) is 1. The van der Waals surface area contributed by atoms with Gasteiger partial charge < -0.3 is 15.6 Å². The van der Waals surface area contributed by atoms with Crippen molar-refractivity contribution in [3.8, 4) is 0 Å². The van der Waals surface area contributed by atoms with Gasteiger partial charge in [-0.1, -0.05) is 5.16 Å². The molecule has 3 aliphatic rings. The number of alkyl halides is 7. The maximum atomic E-state index is 14.1. The number of halogens is 7. The second kappa shape index (κ2) is 11.8. The number of nitrogens with zero attached hydrogens (tertiary/aromatic N) is 4. The normalized spacial score (nSPS) is 21.5. The summed E-state index contributed by atoms with van der Waals surface area (Å²) in [5.41, 5.74) is 5.78. The lowest BCUT2D eigenvalue weighted by Gasteiger charge is -2.34. The van der Waals surface area contributed by atoms with Crippen LogP contribution in [0.3, 0.4) is 0 Å². The molecular weight excluding hydrogens is 625 g/mol. The number of hydrogen-bond donors (Lipinski definition) is 2. The molecule has 3 aromatic heterocycles. The second-order valence-corrected chi connectivity index (χ2v) is 13.0. The third kappa shape index (κ3) is 7.14. The van der Waals surface area contributed by atoms with E-state index in [1.54, 1.807) is 22.9 Å². The quantitative estimate of drug-likeness (QED) is 0.234. The molecule has 0 aliphatic heterocycles. The van der Waals surface area contributed by atoms with E-state index >= 15 is 0 Å². The van der Waals surface area contributed by atoms with Gasteiger partial charge >= 0.3 is 6.18 Å². The largest absolute Gasteiger partial charge is 0.389 e. The lowest BCUT2D eigenvalue weighted by Crippen LogP contribution is -2.39. The molecule has 3 aliphatic carbocycles. The number of aryl methyl sites for hydroxylation is 1. The number of hydrogen-bond acceptors (Lipinski definition) is 6. The highest BCUT2D eigenvalue weighted by atomic mass is 19.4. The highest BCUT2D eigenvalue weighted by molar-refractivity contribution is 5.95. The van der Waals surface area contributed by atoms with Crippen LogP contribution in [0.2, 0.25) is 0 Å². The van der Waals surface area contributed by atoms with E-state index < -0.39 is 67.5 Å². The topological polar surface area (TPSA) is 128 Å². The van der Waals surface area contributed by atoms with Crippen LogP contribution in [0.25, 0.3) is 5.78 Å². The molecule has 2 amide bonds. The van der Waals surface area contributed by atoms with Crippen molar-refractivity contribution < 1.29 is 44.8 Å². The van der Waals surface area contributed by atoms with Crippen molar-refractivity contribution in [3.63, 3.8) is 0 Å². The number of imidazole rings is 1. The maximum absolute atomic E-state index is 14.1. The summed E-state index contributed by atoms with van der Waals surface area (Å²) < 4.78 is 101. The minimum atomic E-state index is -4.53. The van der Waals surface area contributed by atoms with E-state index in [4.69, 9.17) is 10.3 Å². The summed E-state index contributed by atoms with van der Waals surface area (Å²) in [6.07, 6.45) is -3.04. The molecule has 9 nitrogen and oxygen atoms in total. The summed E-state index contributed by atoms with van der Waals surface area (Å²) >= 11 is 0. The van der Waals surface area contributed by atoms with Crippen LogP contribution in [0, 0.1) is 17.8 Å². The van der Waals surface area contributed by atoms with Gasteiger partial charge in [-0.3, -0.25) is 14.0 Å². The SMILES string of the molecule is NC(=O)c1c(CCC(F)(F)F)noc1[C@H](c1cn2ccc([C@H](NC(=O)CC3CC(F)(F)C3)C3CC3)nc2n1)C1CCC(F)(F)CC1. The Morgan fingerprint density at radius 1 is 1.02 bits per heavy atom. The van der Waals surface area contributed by atoms with Gasteiger partial charge in [0.05, 0.1) is 29.0 Å². The Labute approximate surface area is 258 Å².